The highest BCUT2D eigenvalue weighted by Crippen LogP contribution is 2.44. The number of thiazole rings is 1. The van der Waals surface area contributed by atoms with E-state index in [1.165, 1.54) is 31.4 Å². The molecule has 1 heterocycles. The average Bonchev–Trinajstić information content (AvgIpc) is 3.05. The molecule has 70 valence electrons. The number of hydrazine groups is 1. The maximum absolute atomic E-state index is 4.36. The Kier molecular flexibility index (Phi) is 1.68. The van der Waals surface area contributed by atoms with Gasteiger partial charge in [-0.25, -0.2) is 10.4 Å². The minimum atomic E-state index is 0.183. The van der Waals surface area contributed by atoms with Gasteiger partial charge in [-0.2, -0.15) is 0 Å². The number of rotatable bonds is 4. The second-order valence-corrected chi connectivity index (χ2v) is 4.72. The van der Waals surface area contributed by atoms with Crippen molar-refractivity contribution in [3.63, 3.8) is 0 Å². The van der Waals surface area contributed by atoms with Crippen molar-refractivity contribution >= 4 is 11.3 Å². The number of nitrogens with zero attached hydrogens (tertiary/aromatic N) is 1. The molecule has 0 aliphatic heterocycles. The molecule has 0 atom stereocenters. The molecule has 2 saturated carbocycles. The van der Waals surface area contributed by atoms with Gasteiger partial charge in [0.25, 0.3) is 0 Å². The smallest absolute Gasteiger partial charge is 0.0795 e. The largest absolute Gasteiger partial charge is 0.254 e. The number of hydrogen-bond acceptors (Lipinski definition) is 4. The van der Waals surface area contributed by atoms with Crippen molar-refractivity contribution in [3.05, 3.63) is 16.6 Å². The van der Waals surface area contributed by atoms with Crippen LogP contribution in [0.2, 0.25) is 0 Å². The van der Waals surface area contributed by atoms with Crippen LogP contribution in [0.1, 0.15) is 31.4 Å². The molecule has 0 amide bonds. The van der Waals surface area contributed by atoms with E-state index in [9.17, 15) is 0 Å². The van der Waals surface area contributed by atoms with Crippen LogP contribution in [-0.2, 0) is 5.54 Å². The number of hydrogen-bond donors (Lipinski definition) is 2. The van der Waals surface area contributed by atoms with Crippen LogP contribution in [0.3, 0.4) is 0 Å². The van der Waals surface area contributed by atoms with Gasteiger partial charge < -0.3 is 0 Å². The van der Waals surface area contributed by atoms with Crippen molar-refractivity contribution in [2.45, 2.75) is 37.3 Å². The Hall–Kier alpha value is -0.450. The van der Waals surface area contributed by atoms with Crippen molar-refractivity contribution < 1.29 is 0 Å². The summed E-state index contributed by atoms with van der Waals surface area (Å²) in [4.78, 5) is 4.36. The van der Waals surface area contributed by atoms with Crippen molar-refractivity contribution in [1.29, 1.82) is 0 Å². The Bertz CT molecular complexity index is 288. The van der Waals surface area contributed by atoms with E-state index in [1.54, 1.807) is 11.3 Å². The molecule has 0 spiro atoms. The first-order valence-electron chi connectivity index (χ1n) is 4.80. The Morgan fingerprint density at radius 3 is 2.85 bits per heavy atom. The van der Waals surface area contributed by atoms with Crippen molar-refractivity contribution in [1.82, 2.24) is 15.8 Å². The molecule has 3 rings (SSSR count). The van der Waals surface area contributed by atoms with Crippen LogP contribution >= 0.6 is 11.3 Å². The zero-order valence-corrected chi connectivity index (χ0v) is 8.23. The van der Waals surface area contributed by atoms with Gasteiger partial charge >= 0.3 is 0 Å². The second-order valence-electron chi connectivity index (χ2n) is 4.00. The van der Waals surface area contributed by atoms with Gasteiger partial charge in [0.15, 0.2) is 0 Å². The summed E-state index contributed by atoms with van der Waals surface area (Å²) >= 11 is 1.68. The quantitative estimate of drug-likeness (QED) is 0.713. The molecule has 1 aromatic rings. The van der Waals surface area contributed by atoms with Crippen LogP contribution in [0.25, 0.3) is 0 Å². The van der Waals surface area contributed by atoms with E-state index in [0.717, 1.165) is 6.04 Å². The molecule has 2 N–H and O–H groups in total. The number of aromatic nitrogens is 1. The molecule has 0 saturated heterocycles. The van der Waals surface area contributed by atoms with E-state index in [4.69, 9.17) is 0 Å². The monoisotopic (exact) mass is 195 g/mol. The fourth-order valence-corrected chi connectivity index (χ4v) is 2.14. The molecule has 3 nitrogen and oxygen atoms in total. The summed E-state index contributed by atoms with van der Waals surface area (Å²) in [6, 6.07) is 0.719. The standard InChI is InChI=1S/C9H13N3S/c1-2-7(1)11-12-9(3-4-9)8-5-13-6-10-8/h5-7,11-12H,1-4H2. The van der Waals surface area contributed by atoms with E-state index < -0.39 is 0 Å². The molecule has 2 fully saturated rings. The number of nitrogens with one attached hydrogen (secondary N) is 2. The van der Waals surface area contributed by atoms with E-state index in [0.29, 0.717) is 0 Å². The highest BCUT2D eigenvalue weighted by Gasteiger charge is 2.46. The van der Waals surface area contributed by atoms with Gasteiger partial charge in [-0.3, -0.25) is 5.43 Å². The molecule has 0 unspecified atom stereocenters. The van der Waals surface area contributed by atoms with Gasteiger partial charge in [-0.05, 0) is 25.7 Å². The van der Waals surface area contributed by atoms with Gasteiger partial charge in [-0.15, -0.1) is 11.3 Å². The Morgan fingerprint density at radius 1 is 1.46 bits per heavy atom. The van der Waals surface area contributed by atoms with Crippen LogP contribution in [0.15, 0.2) is 10.9 Å². The summed E-state index contributed by atoms with van der Waals surface area (Å²) in [5, 5.41) is 2.15. The molecular weight excluding hydrogens is 182 g/mol. The average molecular weight is 195 g/mol. The minimum absolute atomic E-state index is 0.183. The minimum Gasteiger partial charge on any atom is -0.254 e. The van der Waals surface area contributed by atoms with Crippen LogP contribution in [0, 0.1) is 0 Å². The molecule has 2 aliphatic rings. The lowest BCUT2D eigenvalue weighted by Crippen LogP contribution is -2.42. The molecule has 0 aromatic carbocycles. The van der Waals surface area contributed by atoms with Crippen molar-refractivity contribution in [3.8, 4) is 0 Å². The maximum atomic E-state index is 4.36. The highest BCUT2D eigenvalue weighted by atomic mass is 32.1. The first-order chi connectivity index (χ1) is 6.39. The summed E-state index contributed by atoms with van der Waals surface area (Å²) in [5.74, 6) is 0. The summed E-state index contributed by atoms with van der Waals surface area (Å²) in [5.41, 5.74) is 10.1. The topological polar surface area (TPSA) is 37.0 Å². The van der Waals surface area contributed by atoms with Gasteiger partial charge in [-0.1, -0.05) is 0 Å². The Morgan fingerprint density at radius 2 is 2.31 bits per heavy atom. The third-order valence-corrected chi connectivity index (χ3v) is 3.35. The first-order valence-corrected chi connectivity index (χ1v) is 5.75. The Labute approximate surface area is 81.5 Å². The molecule has 4 heteroatoms. The van der Waals surface area contributed by atoms with E-state index >= 15 is 0 Å². The third-order valence-electron chi connectivity index (χ3n) is 2.77. The normalized spacial score (nSPS) is 24.6. The second kappa shape index (κ2) is 2.77. The summed E-state index contributed by atoms with van der Waals surface area (Å²) in [6.07, 6.45) is 5.08. The maximum Gasteiger partial charge on any atom is 0.0795 e. The lowest BCUT2D eigenvalue weighted by atomic mass is 10.2. The lowest BCUT2D eigenvalue weighted by molar-refractivity contribution is 0.412. The molecule has 13 heavy (non-hydrogen) atoms. The first kappa shape index (κ1) is 7.91. The fraction of sp³-hybridized carbons (Fsp3) is 0.667. The van der Waals surface area contributed by atoms with Crippen molar-refractivity contribution in [2.75, 3.05) is 0 Å². The SMILES string of the molecule is c1nc(C2(NNC3CC3)CC2)cs1. The predicted octanol–water partition coefficient (Wildman–Crippen LogP) is 1.39. The fourth-order valence-electron chi connectivity index (χ4n) is 1.49. The van der Waals surface area contributed by atoms with Gasteiger partial charge in [0.05, 0.1) is 16.7 Å². The highest BCUT2D eigenvalue weighted by molar-refractivity contribution is 7.07. The Balaban J connectivity index is 1.66. The predicted molar refractivity (Wildman–Crippen MR) is 52.3 cm³/mol. The summed E-state index contributed by atoms with van der Waals surface area (Å²) < 4.78 is 0. The van der Waals surface area contributed by atoms with Crippen LogP contribution in [0.5, 0.6) is 0 Å². The van der Waals surface area contributed by atoms with E-state index in [-0.39, 0.29) is 5.54 Å². The zero-order chi connectivity index (χ0) is 8.73. The van der Waals surface area contributed by atoms with E-state index in [1.807, 2.05) is 5.51 Å². The third kappa shape index (κ3) is 1.49. The molecular formula is C9H13N3S. The molecule has 0 radical (unpaired) electrons. The lowest BCUT2D eigenvalue weighted by Gasteiger charge is -2.15. The van der Waals surface area contributed by atoms with E-state index in [2.05, 4.69) is 21.2 Å². The zero-order valence-electron chi connectivity index (χ0n) is 7.42. The van der Waals surface area contributed by atoms with Crippen LogP contribution in [0.4, 0.5) is 0 Å². The summed E-state index contributed by atoms with van der Waals surface area (Å²) in [7, 11) is 0. The van der Waals surface area contributed by atoms with Crippen molar-refractivity contribution in [2.24, 2.45) is 0 Å². The van der Waals surface area contributed by atoms with Gasteiger partial charge in [0.2, 0.25) is 0 Å². The molecule has 2 aliphatic carbocycles. The van der Waals surface area contributed by atoms with Crippen LogP contribution < -0.4 is 10.9 Å². The molecule has 0 bridgehead atoms. The van der Waals surface area contributed by atoms with Gasteiger partial charge in [0.1, 0.15) is 0 Å². The molecule has 1 aromatic heterocycles. The summed E-state index contributed by atoms with van der Waals surface area (Å²) in [6.45, 7) is 0. The van der Waals surface area contributed by atoms with Crippen LogP contribution in [-0.4, -0.2) is 11.0 Å². The van der Waals surface area contributed by atoms with Gasteiger partial charge in [0, 0.05) is 11.4 Å².